The molecule has 0 aromatic heterocycles. The van der Waals surface area contributed by atoms with E-state index in [-0.39, 0.29) is 18.0 Å². The van der Waals surface area contributed by atoms with Crippen molar-refractivity contribution in [3.05, 3.63) is 65.0 Å². The minimum absolute atomic E-state index is 0.129. The van der Waals surface area contributed by atoms with E-state index in [1.807, 2.05) is 19.1 Å². The average molecular weight is 285 g/mol. The summed E-state index contributed by atoms with van der Waals surface area (Å²) in [4.78, 5) is 0. The van der Waals surface area contributed by atoms with Gasteiger partial charge in [0.15, 0.2) is 0 Å². The van der Waals surface area contributed by atoms with Crippen LogP contribution in [0.1, 0.15) is 42.0 Å². The maximum Gasteiger partial charge on any atom is 0.126 e. The van der Waals surface area contributed by atoms with E-state index in [0.717, 1.165) is 17.5 Å². The molecule has 0 spiro atoms. The number of rotatable bonds is 2. The minimum atomic E-state index is -0.284. The molecule has 0 heterocycles. The third kappa shape index (κ3) is 2.66. The number of hydrogen-bond donors (Lipinski definition) is 1. The first-order valence-corrected chi connectivity index (χ1v) is 7.33. The second-order valence-electron chi connectivity index (χ2n) is 5.86. The van der Waals surface area contributed by atoms with Gasteiger partial charge >= 0.3 is 0 Å². The van der Waals surface area contributed by atoms with Gasteiger partial charge in [-0.3, -0.25) is 0 Å². The fraction of sp³-hybridized carbons (Fsp3) is 0.333. The van der Waals surface area contributed by atoms with Gasteiger partial charge in [0, 0.05) is 6.07 Å². The molecule has 3 heteroatoms. The van der Waals surface area contributed by atoms with Gasteiger partial charge in [0.1, 0.15) is 17.7 Å². The summed E-state index contributed by atoms with van der Waals surface area (Å²) in [6, 6.07) is 12.7. The van der Waals surface area contributed by atoms with Gasteiger partial charge in [0.2, 0.25) is 0 Å². The Hall–Kier alpha value is -1.87. The molecule has 1 aliphatic rings. The van der Waals surface area contributed by atoms with Crippen molar-refractivity contribution in [2.45, 2.75) is 38.3 Å². The molecule has 2 N–H and O–H groups in total. The molecular weight excluding hydrogens is 265 g/mol. The lowest BCUT2D eigenvalue weighted by Gasteiger charge is -2.35. The Kier molecular flexibility index (Phi) is 3.68. The molecule has 3 atom stereocenters. The molecule has 3 unspecified atom stereocenters. The maximum absolute atomic E-state index is 13.4. The van der Waals surface area contributed by atoms with Crippen molar-refractivity contribution in [1.82, 2.24) is 0 Å². The highest BCUT2D eigenvalue weighted by Crippen LogP contribution is 2.38. The Balaban J connectivity index is 1.89. The van der Waals surface area contributed by atoms with Crippen LogP contribution >= 0.6 is 0 Å². The molecule has 2 aromatic rings. The van der Waals surface area contributed by atoms with Crippen LogP contribution in [0.3, 0.4) is 0 Å². The van der Waals surface area contributed by atoms with E-state index < -0.39 is 0 Å². The molecule has 0 aliphatic heterocycles. The van der Waals surface area contributed by atoms with Crippen LogP contribution in [0.15, 0.2) is 42.5 Å². The largest absolute Gasteiger partial charge is 0.488 e. The summed E-state index contributed by atoms with van der Waals surface area (Å²) in [6.07, 6.45) is 0.712. The van der Waals surface area contributed by atoms with Gasteiger partial charge in [-0.05, 0) is 42.0 Å². The third-order valence-electron chi connectivity index (χ3n) is 4.30. The summed E-state index contributed by atoms with van der Waals surface area (Å²) in [5.41, 5.74) is 9.72. The van der Waals surface area contributed by atoms with E-state index in [9.17, 15) is 4.39 Å². The lowest BCUT2D eigenvalue weighted by molar-refractivity contribution is 0.143. The van der Waals surface area contributed by atoms with E-state index in [1.165, 1.54) is 17.7 Å². The van der Waals surface area contributed by atoms with E-state index in [1.54, 1.807) is 6.07 Å². The first-order chi connectivity index (χ1) is 10.1. The summed E-state index contributed by atoms with van der Waals surface area (Å²) in [5, 5.41) is 0. The first-order valence-electron chi connectivity index (χ1n) is 7.33. The minimum Gasteiger partial charge on any atom is -0.488 e. The smallest absolute Gasteiger partial charge is 0.126 e. The van der Waals surface area contributed by atoms with E-state index >= 15 is 0 Å². The molecule has 0 bridgehead atoms. The molecule has 0 amide bonds. The zero-order valence-electron chi connectivity index (χ0n) is 12.3. The highest BCUT2D eigenvalue weighted by molar-refractivity contribution is 5.38. The summed E-state index contributed by atoms with van der Waals surface area (Å²) in [6.45, 7) is 4.10. The molecule has 21 heavy (non-hydrogen) atoms. The predicted molar refractivity (Wildman–Crippen MR) is 82.0 cm³/mol. The van der Waals surface area contributed by atoms with Gasteiger partial charge in [0.25, 0.3) is 0 Å². The van der Waals surface area contributed by atoms with E-state index in [2.05, 4.69) is 19.1 Å². The van der Waals surface area contributed by atoms with Crippen molar-refractivity contribution in [1.29, 1.82) is 0 Å². The summed E-state index contributed by atoms with van der Waals surface area (Å²) >= 11 is 0. The summed E-state index contributed by atoms with van der Waals surface area (Å²) in [7, 11) is 0. The van der Waals surface area contributed by atoms with Crippen LogP contribution in [-0.4, -0.2) is 6.10 Å². The Morgan fingerprint density at radius 3 is 2.62 bits per heavy atom. The highest BCUT2D eigenvalue weighted by Gasteiger charge is 2.32. The van der Waals surface area contributed by atoms with Gasteiger partial charge in [-0.15, -0.1) is 0 Å². The van der Waals surface area contributed by atoms with Crippen molar-refractivity contribution in [2.75, 3.05) is 0 Å². The third-order valence-corrected chi connectivity index (χ3v) is 4.30. The van der Waals surface area contributed by atoms with Crippen LogP contribution in [-0.2, 0) is 0 Å². The number of halogens is 1. The van der Waals surface area contributed by atoms with Crippen LogP contribution < -0.4 is 10.5 Å². The molecule has 2 aromatic carbocycles. The maximum atomic E-state index is 13.4. The Morgan fingerprint density at radius 1 is 1.14 bits per heavy atom. The Morgan fingerprint density at radius 2 is 1.86 bits per heavy atom. The van der Waals surface area contributed by atoms with Crippen LogP contribution in [0.5, 0.6) is 5.75 Å². The van der Waals surface area contributed by atoms with E-state index in [0.29, 0.717) is 11.7 Å². The Labute approximate surface area is 124 Å². The summed E-state index contributed by atoms with van der Waals surface area (Å²) in [5.74, 6) is 0.690. The van der Waals surface area contributed by atoms with Crippen molar-refractivity contribution < 1.29 is 9.13 Å². The zero-order chi connectivity index (χ0) is 15.0. The van der Waals surface area contributed by atoms with Crippen molar-refractivity contribution >= 4 is 0 Å². The van der Waals surface area contributed by atoms with Gasteiger partial charge in [-0.2, -0.15) is 0 Å². The van der Waals surface area contributed by atoms with Crippen molar-refractivity contribution in [2.24, 2.45) is 5.73 Å². The van der Waals surface area contributed by atoms with Crippen molar-refractivity contribution in [3.8, 4) is 5.75 Å². The predicted octanol–water partition coefficient (Wildman–Crippen LogP) is 4.09. The zero-order valence-corrected chi connectivity index (χ0v) is 12.3. The van der Waals surface area contributed by atoms with Crippen LogP contribution in [0, 0.1) is 12.7 Å². The number of ether oxygens (including phenoxy) is 1. The quantitative estimate of drug-likeness (QED) is 0.902. The second kappa shape index (κ2) is 5.49. The number of aryl methyl sites for hydroxylation is 1. The van der Waals surface area contributed by atoms with Crippen LogP contribution in [0.4, 0.5) is 4.39 Å². The standard InChI is InChI=1S/C18H20FNO/c1-11-7-8-13(19)10-16(11)21-17-9-12(2)14-5-3-4-6-15(14)18(17)20/h3-8,10,12,17-18H,9,20H2,1-2H3. The number of benzene rings is 2. The first kappa shape index (κ1) is 14.1. The number of hydrogen-bond acceptors (Lipinski definition) is 2. The second-order valence-corrected chi connectivity index (χ2v) is 5.86. The average Bonchev–Trinajstić information content (AvgIpc) is 2.48. The molecule has 0 fully saturated rings. The van der Waals surface area contributed by atoms with Crippen molar-refractivity contribution in [3.63, 3.8) is 0 Å². The molecular formula is C18H20FNO. The number of nitrogens with two attached hydrogens (primary N) is 1. The van der Waals surface area contributed by atoms with Gasteiger partial charge in [-0.1, -0.05) is 37.3 Å². The normalized spacial score (nSPS) is 24.5. The molecule has 0 saturated heterocycles. The van der Waals surface area contributed by atoms with Crippen LogP contribution in [0.25, 0.3) is 0 Å². The molecule has 0 radical (unpaired) electrons. The molecule has 3 rings (SSSR count). The van der Waals surface area contributed by atoms with Crippen LogP contribution in [0.2, 0.25) is 0 Å². The van der Waals surface area contributed by atoms with Gasteiger partial charge < -0.3 is 10.5 Å². The lowest BCUT2D eigenvalue weighted by Crippen LogP contribution is -2.37. The molecule has 0 saturated carbocycles. The summed E-state index contributed by atoms with van der Waals surface area (Å²) < 4.78 is 19.4. The topological polar surface area (TPSA) is 35.2 Å². The molecule has 1 aliphatic carbocycles. The SMILES string of the molecule is Cc1ccc(F)cc1OC1CC(C)c2ccccc2C1N. The fourth-order valence-corrected chi connectivity index (χ4v) is 3.07. The molecule has 110 valence electrons. The lowest BCUT2D eigenvalue weighted by atomic mass is 9.79. The fourth-order valence-electron chi connectivity index (χ4n) is 3.07. The van der Waals surface area contributed by atoms with Gasteiger partial charge in [0.05, 0.1) is 6.04 Å². The van der Waals surface area contributed by atoms with Gasteiger partial charge in [-0.25, -0.2) is 4.39 Å². The molecule has 2 nitrogen and oxygen atoms in total. The monoisotopic (exact) mass is 285 g/mol. The number of fused-ring (bicyclic) bond motifs is 1. The highest BCUT2D eigenvalue weighted by atomic mass is 19.1. The van der Waals surface area contributed by atoms with E-state index in [4.69, 9.17) is 10.5 Å². The Bertz CT molecular complexity index is 655.